The molecule has 0 aliphatic carbocycles. The smallest absolute Gasteiger partial charge is 0.227 e. The minimum Gasteiger partial charge on any atom is -0.357 e. The zero-order chi connectivity index (χ0) is 19.4. The quantitative estimate of drug-likeness (QED) is 0.872. The number of hydrogen-bond acceptors (Lipinski definition) is 4. The third-order valence-electron chi connectivity index (χ3n) is 4.90. The number of amides is 2. The average Bonchev–Trinajstić information content (AvgIpc) is 2.68. The van der Waals surface area contributed by atoms with Gasteiger partial charge in [-0.3, -0.25) is 9.59 Å². The van der Waals surface area contributed by atoms with Crippen LogP contribution in [0.4, 0.5) is 17.2 Å². The number of halogens is 1. The van der Waals surface area contributed by atoms with E-state index in [2.05, 4.69) is 15.2 Å². The maximum absolute atomic E-state index is 12.6. The summed E-state index contributed by atoms with van der Waals surface area (Å²) < 4.78 is 0. The van der Waals surface area contributed by atoms with E-state index in [4.69, 9.17) is 11.6 Å². The van der Waals surface area contributed by atoms with E-state index < -0.39 is 0 Å². The molecule has 1 N–H and O–H groups in total. The predicted octanol–water partition coefficient (Wildman–Crippen LogP) is 3.57. The third kappa shape index (κ3) is 4.77. The Morgan fingerprint density at radius 2 is 1.81 bits per heavy atom. The number of anilines is 3. The molecule has 0 unspecified atom stereocenters. The third-order valence-corrected chi connectivity index (χ3v) is 5.12. The second-order valence-corrected chi connectivity index (χ2v) is 7.15. The topological polar surface area (TPSA) is 65.5 Å². The van der Waals surface area contributed by atoms with Gasteiger partial charge in [-0.25, -0.2) is 4.98 Å². The van der Waals surface area contributed by atoms with Gasteiger partial charge in [0.25, 0.3) is 0 Å². The lowest BCUT2D eigenvalue weighted by Crippen LogP contribution is -2.38. The van der Waals surface area contributed by atoms with Crippen molar-refractivity contribution in [3.63, 3.8) is 0 Å². The molecule has 1 aliphatic heterocycles. The van der Waals surface area contributed by atoms with E-state index in [0.717, 1.165) is 43.1 Å². The number of benzene rings is 1. The first-order chi connectivity index (χ1) is 12.9. The van der Waals surface area contributed by atoms with Gasteiger partial charge in [0.1, 0.15) is 5.82 Å². The van der Waals surface area contributed by atoms with Crippen molar-refractivity contribution < 1.29 is 9.59 Å². The summed E-state index contributed by atoms with van der Waals surface area (Å²) in [5, 5.41) is 3.59. The van der Waals surface area contributed by atoms with Gasteiger partial charge >= 0.3 is 0 Å². The van der Waals surface area contributed by atoms with Crippen LogP contribution in [0.5, 0.6) is 0 Å². The summed E-state index contributed by atoms with van der Waals surface area (Å²) in [4.78, 5) is 32.0. The van der Waals surface area contributed by atoms with Crippen LogP contribution in [-0.4, -0.2) is 36.9 Å². The van der Waals surface area contributed by atoms with E-state index in [1.807, 2.05) is 36.4 Å². The van der Waals surface area contributed by atoms with Crippen molar-refractivity contribution in [2.24, 2.45) is 5.92 Å². The minimum atomic E-state index is -0.0336. The summed E-state index contributed by atoms with van der Waals surface area (Å²) in [6.07, 6.45) is 3.20. The number of carbonyl (C=O) groups excluding carboxylic acids is 2. The van der Waals surface area contributed by atoms with Gasteiger partial charge in [-0.15, -0.1) is 0 Å². The molecule has 27 heavy (non-hydrogen) atoms. The molecule has 1 saturated heterocycles. The van der Waals surface area contributed by atoms with Crippen molar-refractivity contribution in [2.45, 2.75) is 19.8 Å². The van der Waals surface area contributed by atoms with E-state index in [0.29, 0.717) is 5.02 Å². The van der Waals surface area contributed by atoms with Crippen LogP contribution in [-0.2, 0) is 9.59 Å². The average molecular weight is 387 g/mol. The largest absolute Gasteiger partial charge is 0.357 e. The Labute approximate surface area is 164 Å². The molecule has 0 atom stereocenters. The number of piperidine rings is 1. The molecule has 0 bridgehead atoms. The number of aromatic nitrogens is 1. The molecule has 1 aromatic heterocycles. The molecular weight excluding hydrogens is 364 g/mol. The van der Waals surface area contributed by atoms with Gasteiger partial charge in [0.05, 0.1) is 5.02 Å². The molecule has 0 spiro atoms. The Hall–Kier alpha value is -2.60. The summed E-state index contributed by atoms with van der Waals surface area (Å²) in [6, 6.07) is 11.0. The minimum absolute atomic E-state index is 0.0203. The maximum atomic E-state index is 12.6. The Kier molecular flexibility index (Phi) is 5.96. The van der Waals surface area contributed by atoms with E-state index in [1.54, 1.807) is 18.1 Å². The lowest BCUT2D eigenvalue weighted by molar-refractivity contribution is -0.120. The van der Waals surface area contributed by atoms with Gasteiger partial charge < -0.3 is 15.1 Å². The molecule has 0 saturated carbocycles. The molecule has 1 fully saturated rings. The molecule has 2 amide bonds. The van der Waals surface area contributed by atoms with E-state index in [-0.39, 0.29) is 17.7 Å². The Bertz CT molecular complexity index is 800. The van der Waals surface area contributed by atoms with Crippen molar-refractivity contribution in [3.05, 3.63) is 47.6 Å². The normalized spacial score (nSPS) is 14.7. The van der Waals surface area contributed by atoms with Crippen LogP contribution >= 0.6 is 11.6 Å². The highest BCUT2D eigenvalue weighted by Gasteiger charge is 2.25. The van der Waals surface area contributed by atoms with Gasteiger partial charge in [-0.2, -0.15) is 0 Å². The van der Waals surface area contributed by atoms with Crippen molar-refractivity contribution in [1.29, 1.82) is 0 Å². The SMILES string of the molecule is CC(=O)N(C)c1ccc(NC(=O)C2CCN(c3ccc(Cl)cn3)CC2)cc1. The number of carbonyl (C=O) groups is 2. The number of hydrogen-bond donors (Lipinski definition) is 1. The molecular formula is C20H23ClN4O2. The zero-order valence-electron chi connectivity index (χ0n) is 15.5. The summed E-state index contributed by atoms with van der Waals surface area (Å²) in [6.45, 7) is 3.09. The van der Waals surface area contributed by atoms with Gasteiger partial charge in [0.15, 0.2) is 0 Å². The highest BCUT2D eigenvalue weighted by atomic mass is 35.5. The lowest BCUT2D eigenvalue weighted by Gasteiger charge is -2.32. The van der Waals surface area contributed by atoms with Crippen LogP contribution in [0.15, 0.2) is 42.6 Å². The molecule has 3 rings (SSSR count). The maximum Gasteiger partial charge on any atom is 0.227 e. The van der Waals surface area contributed by atoms with Gasteiger partial charge in [0, 0.05) is 50.6 Å². The second kappa shape index (κ2) is 8.39. The second-order valence-electron chi connectivity index (χ2n) is 6.71. The zero-order valence-corrected chi connectivity index (χ0v) is 16.2. The first-order valence-electron chi connectivity index (χ1n) is 8.96. The molecule has 1 aliphatic rings. The molecule has 1 aromatic carbocycles. The van der Waals surface area contributed by atoms with Crippen LogP contribution in [0.1, 0.15) is 19.8 Å². The fraction of sp³-hybridized carbons (Fsp3) is 0.350. The van der Waals surface area contributed by atoms with Crippen LogP contribution in [0.2, 0.25) is 5.02 Å². The van der Waals surface area contributed by atoms with Gasteiger partial charge in [-0.1, -0.05) is 11.6 Å². The fourth-order valence-electron chi connectivity index (χ4n) is 3.12. The summed E-state index contributed by atoms with van der Waals surface area (Å²) >= 11 is 5.88. The summed E-state index contributed by atoms with van der Waals surface area (Å²) in [7, 11) is 1.72. The fourth-order valence-corrected chi connectivity index (χ4v) is 3.23. The van der Waals surface area contributed by atoms with Crippen LogP contribution in [0, 0.1) is 5.92 Å². The first-order valence-corrected chi connectivity index (χ1v) is 9.33. The number of nitrogens with zero attached hydrogens (tertiary/aromatic N) is 3. The first kappa shape index (κ1) is 19.2. The van der Waals surface area contributed by atoms with Gasteiger partial charge in [-0.05, 0) is 49.2 Å². The highest BCUT2D eigenvalue weighted by molar-refractivity contribution is 6.30. The molecule has 6 nitrogen and oxygen atoms in total. The van der Waals surface area contributed by atoms with Crippen molar-refractivity contribution in [1.82, 2.24) is 4.98 Å². The molecule has 2 aromatic rings. The van der Waals surface area contributed by atoms with Crippen LogP contribution < -0.4 is 15.1 Å². The van der Waals surface area contributed by atoms with Gasteiger partial charge in [0.2, 0.25) is 11.8 Å². The van der Waals surface area contributed by atoms with E-state index in [1.165, 1.54) is 6.92 Å². The Balaban J connectivity index is 1.53. The number of rotatable bonds is 4. The van der Waals surface area contributed by atoms with Crippen molar-refractivity contribution >= 4 is 40.6 Å². The summed E-state index contributed by atoms with van der Waals surface area (Å²) in [5.41, 5.74) is 1.53. The molecule has 0 radical (unpaired) electrons. The Morgan fingerprint density at radius 3 is 2.37 bits per heavy atom. The van der Waals surface area contributed by atoms with E-state index >= 15 is 0 Å². The summed E-state index contributed by atoms with van der Waals surface area (Å²) in [5.74, 6) is 0.872. The monoisotopic (exact) mass is 386 g/mol. The lowest BCUT2D eigenvalue weighted by atomic mass is 9.95. The highest BCUT2D eigenvalue weighted by Crippen LogP contribution is 2.24. The number of pyridine rings is 1. The standard InChI is InChI=1S/C20H23ClN4O2/c1-14(26)24(2)18-6-4-17(5-7-18)23-20(27)15-9-11-25(12-10-15)19-8-3-16(21)13-22-19/h3-8,13,15H,9-12H2,1-2H3,(H,23,27). The predicted molar refractivity (Wildman–Crippen MR) is 108 cm³/mol. The molecule has 7 heteroatoms. The van der Waals surface area contributed by atoms with Crippen molar-refractivity contribution in [2.75, 3.05) is 35.3 Å². The van der Waals surface area contributed by atoms with Crippen molar-refractivity contribution in [3.8, 4) is 0 Å². The molecule has 2 heterocycles. The van der Waals surface area contributed by atoms with E-state index in [9.17, 15) is 9.59 Å². The van der Waals surface area contributed by atoms with Crippen LogP contribution in [0.25, 0.3) is 0 Å². The Morgan fingerprint density at radius 1 is 1.15 bits per heavy atom. The number of nitrogens with one attached hydrogen (secondary N) is 1. The molecule has 142 valence electrons. The van der Waals surface area contributed by atoms with Crippen LogP contribution in [0.3, 0.4) is 0 Å².